The molecule has 0 unspecified atom stereocenters. The standard InChI is InChI=1S/C27H26BrN3O2S/c28-27-19(8-7-18-3-1-2-4-22(18)27)16-30-20-9-5-17(6-10-20)13-25-29-12-11-21(31-25)14-24-23(32)15-26(33)34-24/h1-4,7-8,11-12,14,17,20,30H,5-6,9-10,13,15-16H2/b24-14-. The number of rotatable bonds is 6. The molecule has 2 fully saturated rings. The van der Waals surface area contributed by atoms with Crippen molar-refractivity contribution < 1.29 is 9.59 Å². The minimum Gasteiger partial charge on any atom is -0.310 e. The van der Waals surface area contributed by atoms with Gasteiger partial charge < -0.3 is 5.32 Å². The van der Waals surface area contributed by atoms with Crippen LogP contribution in [-0.2, 0) is 22.6 Å². The van der Waals surface area contributed by atoms with E-state index in [1.807, 2.05) is 0 Å². The Labute approximate surface area is 212 Å². The fourth-order valence-electron chi connectivity index (χ4n) is 4.77. The summed E-state index contributed by atoms with van der Waals surface area (Å²) in [7, 11) is 0. The lowest BCUT2D eigenvalue weighted by Gasteiger charge is -2.29. The highest BCUT2D eigenvalue weighted by Crippen LogP contribution is 2.31. The van der Waals surface area contributed by atoms with E-state index in [4.69, 9.17) is 0 Å². The van der Waals surface area contributed by atoms with Crippen molar-refractivity contribution in [2.24, 2.45) is 5.92 Å². The molecule has 3 aromatic rings. The quantitative estimate of drug-likeness (QED) is 0.315. The first kappa shape index (κ1) is 23.4. The van der Waals surface area contributed by atoms with Crippen molar-refractivity contribution in [1.82, 2.24) is 15.3 Å². The summed E-state index contributed by atoms with van der Waals surface area (Å²) in [6.07, 6.45) is 8.88. The zero-order chi connectivity index (χ0) is 23.5. The van der Waals surface area contributed by atoms with Crippen LogP contribution in [0.3, 0.4) is 0 Å². The third-order valence-corrected chi connectivity index (χ3v) is 8.53. The zero-order valence-electron chi connectivity index (χ0n) is 18.8. The number of hydrogen-bond donors (Lipinski definition) is 1. The van der Waals surface area contributed by atoms with E-state index < -0.39 is 0 Å². The monoisotopic (exact) mass is 535 g/mol. The topological polar surface area (TPSA) is 72.0 Å². The van der Waals surface area contributed by atoms with Crippen LogP contribution in [-0.4, -0.2) is 26.9 Å². The van der Waals surface area contributed by atoms with Gasteiger partial charge in [-0.1, -0.05) is 36.4 Å². The first-order valence-corrected chi connectivity index (χ1v) is 13.3. The molecular formula is C27H26BrN3O2S. The molecule has 2 heterocycles. The van der Waals surface area contributed by atoms with Crippen molar-refractivity contribution in [3.05, 3.63) is 75.1 Å². The number of ketones is 1. The number of aromatic nitrogens is 2. The summed E-state index contributed by atoms with van der Waals surface area (Å²) < 4.78 is 1.18. The van der Waals surface area contributed by atoms with E-state index in [1.165, 1.54) is 20.8 Å². The Bertz CT molecular complexity index is 1270. The lowest BCUT2D eigenvalue weighted by atomic mass is 9.84. The number of fused-ring (bicyclic) bond motifs is 1. The Balaban J connectivity index is 1.14. The summed E-state index contributed by atoms with van der Waals surface area (Å²) in [4.78, 5) is 32.9. The molecule has 1 aliphatic heterocycles. The van der Waals surface area contributed by atoms with Crippen LogP contribution < -0.4 is 5.32 Å². The van der Waals surface area contributed by atoms with Crippen LogP contribution in [0.4, 0.5) is 0 Å². The smallest absolute Gasteiger partial charge is 0.201 e. The maximum atomic E-state index is 11.9. The minimum absolute atomic E-state index is 0.0104. The molecule has 5 rings (SSSR count). The number of Topliss-reactive ketones (excluding diaryl/α,β-unsaturated/α-hetero) is 1. The van der Waals surface area contributed by atoms with Gasteiger partial charge in [0.25, 0.3) is 0 Å². The lowest BCUT2D eigenvalue weighted by molar-refractivity contribution is -0.119. The molecule has 0 spiro atoms. The highest BCUT2D eigenvalue weighted by atomic mass is 79.9. The largest absolute Gasteiger partial charge is 0.310 e. The van der Waals surface area contributed by atoms with Gasteiger partial charge in [-0.3, -0.25) is 9.59 Å². The predicted molar refractivity (Wildman–Crippen MR) is 140 cm³/mol. The van der Waals surface area contributed by atoms with E-state index >= 15 is 0 Å². The van der Waals surface area contributed by atoms with Crippen molar-refractivity contribution >= 4 is 55.4 Å². The predicted octanol–water partition coefficient (Wildman–Crippen LogP) is 5.86. The summed E-state index contributed by atoms with van der Waals surface area (Å²) in [5.41, 5.74) is 1.99. The number of thioether (sulfide) groups is 1. The summed E-state index contributed by atoms with van der Waals surface area (Å²) >= 11 is 4.82. The molecule has 0 atom stereocenters. The minimum atomic E-state index is -0.114. The SMILES string of the molecule is O=C1CC(=O)/C(=C/c2ccnc(CC3CCC(NCc4ccc5ccccc5c4Br)CC3)n2)S1. The second-order valence-corrected chi connectivity index (χ2v) is 10.9. The van der Waals surface area contributed by atoms with Gasteiger partial charge in [0, 0.05) is 29.7 Å². The van der Waals surface area contributed by atoms with Gasteiger partial charge >= 0.3 is 0 Å². The van der Waals surface area contributed by atoms with Gasteiger partial charge in [0.05, 0.1) is 17.0 Å². The van der Waals surface area contributed by atoms with Gasteiger partial charge in [-0.2, -0.15) is 0 Å². The summed E-state index contributed by atoms with van der Waals surface area (Å²) in [6, 6.07) is 15.2. The normalized spacial score (nSPS) is 22.1. The molecule has 0 radical (unpaired) electrons. The molecule has 5 nitrogen and oxygen atoms in total. The summed E-state index contributed by atoms with van der Waals surface area (Å²) in [5, 5.41) is 6.17. The Kier molecular flexibility index (Phi) is 7.23. The molecule has 174 valence electrons. The average Bonchev–Trinajstić information content (AvgIpc) is 3.16. The van der Waals surface area contributed by atoms with Gasteiger partial charge in [0.1, 0.15) is 5.82 Å². The van der Waals surface area contributed by atoms with Crippen LogP contribution in [0.15, 0.2) is 58.0 Å². The third kappa shape index (κ3) is 5.48. The molecule has 1 aromatic heterocycles. The van der Waals surface area contributed by atoms with E-state index in [0.29, 0.717) is 22.6 Å². The number of carbonyl (C=O) groups excluding carboxylic acids is 2. The molecule has 0 bridgehead atoms. The molecule has 1 saturated heterocycles. The molecule has 1 saturated carbocycles. The van der Waals surface area contributed by atoms with Crippen molar-refractivity contribution in [3.8, 4) is 0 Å². The molecule has 2 aliphatic rings. The number of hydrogen-bond acceptors (Lipinski definition) is 6. The van der Waals surface area contributed by atoms with Gasteiger partial charge in [-0.05, 0) is 87.8 Å². The van der Waals surface area contributed by atoms with Crippen LogP contribution >= 0.6 is 27.7 Å². The number of nitrogens with zero attached hydrogens (tertiary/aromatic N) is 2. The first-order valence-electron chi connectivity index (χ1n) is 11.7. The van der Waals surface area contributed by atoms with Gasteiger partial charge in [0.15, 0.2) is 5.78 Å². The molecule has 1 aliphatic carbocycles. The van der Waals surface area contributed by atoms with E-state index in [-0.39, 0.29) is 17.3 Å². The molecule has 1 N–H and O–H groups in total. The van der Waals surface area contributed by atoms with Crippen LogP contribution in [0.1, 0.15) is 49.2 Å². The first-order chi connectivity index (χ1) is 16.5. The number of allylic oxidation sites excluding steroid dienone is 1. The van der Waals surface area contributed by atoms with Crippen molar-refractivity contribution in [3.63, 3.8) is 0 Å². The number of carbonyl (C=O) groups is 2. The van der Waals surface area contributed by atoms with Crippen molar-refractivity contribution in [2.75, 3.05) is 0 Å². The van der Waals surface area contributed by atoms with Crippen LogP contribution in [0.25, 0.3) is 16.8 Å². The van der Waals surface area contributed by atoms with Gasteiger partial charge in [0.2, 0.25) is 5.12 Å². The highest BCUT2D eigenvalue weighted by Gasteiger charge is 2.26. The highest BCUT2D eigenvalue weighted by molar-refractivity contribution is 9.10. The third-order valence-electron chi connectivity index (χ3n) is 6.65. The van der Waals surface area contributed by atoms with Crippen LogP contribution in [0.5, 0.6) is 0 Å². The fourth-order valence-corrected chi connectivity index (χ4v) is 6.22. The second kappa shape index (κ2) is 10.5. The fraction of sp³-hybridized carbons (Fsp3) is 0.333. The Hall–Kier alpha value is -2.35. The van der Waals surface area contributed by atoms with E-state index in [2.05, 4.69) is 67.6 Å². The number of benzene rings is 2. The lowest BCUT2D eigenvalue weighted by Crippen LogP contribution is -2.33. The van der Waals surface area contributed by atoms with Gasteiger partial charge in [-0.25, -0.2) is 9.97 Å². The molecule has 0 amide bonds. The summed E-state index contributed by atoms with van der Waals surface area (Å²) in [6.45, 7) is 0.861. The average molecular weight is 536 g/mol. The molecule has 34 heavy (non-hydrogen) atoms. The van der Waals surface area contributed by atoms with Crippen LogP contribution in [0, 0.1) is 5.92 Å². The van der Waals surface area contributed by atoms with Crippen LogP contribution in [0.2, 0.25) is 0 Å². The second-order valence-electron chi connectivity index (χ2n) is 9.04. The van der Waals surface area contributed by atoms with Crippen molar-refractivity contribution in [1.29, 1.82) is 0 Å². The number of nitrogens with one attached hydrogen (secondary N) is 1. The summed E-state index contributed by atoms with van der Waals surface area (Å²) in [5.74, 6) is 1.27. The van der Waals surface area contributed by atoms with Crippen molar-refractivity contribution in [2.45, 2.75) is 51.1 Å². The van der Waals surface area contributed by atoms with E-state index in [0.717, 1.165) is 56.2 Å². The maximum absolute atomic E-state index is 11.9. The van der Waals surface area contributed by atoms with E-state index in [1.54, 1.807) is 18.3 Å². The molecule has 2 aromatic carbocycles. The Morgan fingerprint density at radius 2 is 1.88 bits per heavy atom. The van der Waals surface area contributed by atoms with Gasteiger partial charge in [-0.15, -0.1) is 0 Å². The molecule has 7 heteroatoms. The maximum Gasteiger partial charge on any atom is 0.201 e. The zero-order valence-corrected chi connectivity index (χ0v) is 21.2. The van der Waals surface area contributed by atoms with E-state index in [9.17, 15) is 9.59 Å². The Morgan fingerprint density at radius 1 is 1.06 bits per heavy atom. The number of halogens is 1. The molecular weight excluding hydrogens is 510 g/mol. The Morgan fingerprint density at radius 3 is 2.68 bits per heavy atom.